The van der Waals surface area contributed by atoms with Crippen LogP contribution in [0.5, 0.6) is 5.75 Å². The minimum atomic E-state index is -0.256. The molecule has 3 aromatic carbocycles. The van der Waals surface area contributed by atoms with Crippen LogP contribution in [0.4, 0.5) is 5.69 Å². The summed E-state index contributed by atoms with van der Waals surface area (Å²) in [5, 5.41) is 3.98. The van der Waals surface area contributed by atoms with Crippen molar-refractivity contribution in [2.24, 2.45) is 0 Å². The summed E-state index contributed by atoms with van der Waals surface area (Å²) in [6.07, 6.45) is 3.15. The van der Waals surface area contributed by atoms with Crippen molar-refractivity contribution < 1.29 is 14.3 Å². The van der Waals surface area contributed by atoms with Crippen molar-refractivity contribution in [3.8, 4) is 5.75 Å². The monoisotopic (exact) mass is 616 g/mol. The molecule has 0 fully saturated rings. The number of amides is 2. The molecule has 1 N–H and O–H groups in total. The van der Waals surface area contributed by atoms with Crippen LogP contribution in [0, 0.1) is 0 Å². The highest BCUT2D eigenvalue weighted by Gasteiger charge is 2.19. The molecule has 5 rings (SSSR count). The fourth-order valence-corrected chi connectivity index (χ4v) is 4.46. The number of ether oxygens (including phenoxy) is 1. The lowest BCUT2D eigenvalue weighted by atomic mass is 10.2. The zero-order valence-corrected chi connectivity index (χ0v) is 23.8. The molecule has 5 aromatic rings. The number of hydrogen-bond acceptors (Lipinski definition) is 5. The molecule has 40 heavy (non-hydrogen) atoms. The van der Waals surface area contributed by atoms with Crippen molar-refractivity contribution in [3.05, 3.63) is 131 Å². The van der Waals surface area contributed by atoms with E-state index in [2.05, 4.69) is 31.2 Å². The van der Waals surface area contributed by atoms with E-state index in [1.54, 1.807) is 41.4 Å². The van der Waals surface area contributed by atoms with Crippen molar-refractivity contribution in [2.45, 2.75) is 6.61 Å². The molecule has 0 aliphatic rings. The van der Waals surface area contributed by atoms with Crippen molar-refractivity contribution in [1.82, 2.24) is 15.3 Å². The number of nitrogens with zero attached hydrogens (tertiary/aromatic N) is 3. The van der Waals surface area contributed by atoms with Crippen LogP contribution in [0.25, 0.3) is 10.9 Å². The van der Waals surface area contributed by atoms with Gasteiger partial charge >= 0.3 is 0 Å². The first-order chi connectivity index (χ1) is 19.1. The summed E-state index contributed by atoms with van der Waals surface area (Å²) < 4.78 is 6.63. The molecule has 0 atom stereocenters. The number of nitrogens with one attached hydrogen (secondary N) is 1. The number of pyridine rings is 2. The molecule has 0 saturated carbocycles. The molecule has 202 valence electrons. The predicted octanol–water partition coefficient (Wildman–Crippen LogP) is 6.47. The summed E-state index contributed by atoms with van der Waals surface area (Å²) in [5.41, 5.74) is 3.35. The van der Waals surface area contributed by atoms with E-state index >= 15 is 0 Å². The van der Waals surface area contributed by atoms with Gasteiger partial charge in [0, 0.05) is 46.6 Å². The van der Waals surface area contributed by atoms with Gasteiger partial charge in [0.25, 0.3) is 11.8 Å². The van der Waals surface area contributed by atoms with Crippen LogP contribution in [0.3, 0.4) is 0 Å². The fraction of sp³-hybridized carbons (Fsp3) is 0.0968. The molecule has 0 aliphatic heterocycles. The van der Waals surface area contributed by atoms with Crippen LogP contribution >= 0.6 is 28.3 Å². The zero-order chi connectivity index (χ0) is 27.0. The van der Waals surface area contributed by atoms with Crippen LogP contribution in [-0.4, -0.2) is 34.9 Å². The van der Waals surface area contributed by atoms with Crippen molar-refractivity contribution in [1.29, 1.82) is 0 Å². The molecular formula is C31H26BrClN4O3. The van der Waals surface area contributed by atoms with Gasteiger partial charge in [0.15, 0.2) is 0 Å². The fourth-order valence-electron chi connectivity index (χ4n) is 4.10. The lowest BCUT2D eigenvalue weighted by molar-refractivity contribution is 0.0942. The second-order valence-electron chi connectivity index (χ2n) is 8.75. The van der Waals surface area contributed by atoms with Crippen LogP contribution in [0.15, 0.2) is 114 Å². The number of benzene rings is 3. The number of anilines is 1. The second-order valence-corrected chi connectivity index (χ2v) is 9.67. The summed E-state index contributed by atoms with van der Waals surface area (Å²) in [6, 6.07) is 29.9. The van der Waals surface area contributed by atoms with Crippen LogP contribution in [0.2, 0.25) is 0 Å². The van der Waals surface area contributed by atoms with E-state index in [1.807, 2.05) is 66.7 Å². The topological polar surface area (TPSA) is 84.4 Å². The third-order valence-electron chi connectivity index (χ3n) is 6.02. The van der Waals surface area contributed by atoms with E-state index in [4.69, 9.17) is 4.74 Å². The van der Waals surface area contributed by atoms with Crippen molar-refractivity contribution in [3.63, 3.8) is 0 Å². The van der Waals surface area contributed by atoms with Gasteiger partial charge in [-0.2, -0.15) is 0 Å². The van der Waals surface area contributed by atoms with Gasteiger partial charge in [0.1, 0.15) is 12.4 Å². The largest absolute Gasteiger partial charge is 0.487 e. The number of carbonyl (C=O) groups excluding carboxylic acids is 2. The van der Waals surface area contributed by atoms with Crippen LogP contribution in [0.1, 0.15) is 26.4 Å². The van der Waals surface area contributed by atoms with Gasteiger partial charge in [0.05, 0.1) is 16.8 Å². The highest BCUT2D eigenvalue weighted by molar-refractivity contribution is 9.10. The van der Waals surface area contributed by atoms with Gasteiger partial charge in [-0.3, -0.25) is 14.6 Å². The minimum Gasteiger partial charge on any atom is -0.487 e. The molecule has 0 bridgehead atoms. The molecule has 0 spiro atoms. The van der Waals surface area contributed by atoms with Gasteiger partial charge in [-0.05, 0) is 64.5 Å². The molecule has 7 nitrogen and oxygen atoms in total. The predicted molar refractivity (Wildman–Crippen MR) is 162 cm³/mol. The number of rotatable bonds is 9. The van der Waals surface area contributed by atoms with E-state index in [0.717, 1.165) is 22.3 Å². The Morgan fingerprint density at radius 2 is 1.65 bits per heavy atom. The molecule has 2 aromatic heterocycles. The van der Waals surface area contributed by atoms with Gasteiger partial charge in [-0.25, -0.2) is 4.98 Å². The van der Waals surface area contributed by atoms with E-state index in [-0.39, 0.29) is 43.9 Å². The molecule has 0 saturated heterocycles. The Balaban J connectivity index is 0.00000370. The summed E-state index contributed by atoms with van der Waals surface area (Å²) in [4.78, 5) is 36.6. The molecular weight excluding hydrogens is 592 g/mol. The maximum absolute atomic E-state index is 13.3. The Morgan fingerprint density at radius 3 is 2.48 bits per heavy atom. The Bertz CT molecular complexity index is 1620. The molecule has 0 unspecified atom stereocenters. The highest BCUT2D eigenvalue weighted by Crippen LogP contribution is 2.19. The summed E-state index contributed by atoms with van der Waals surface area (Å²) in [5.74, 6) is 0.108. The van der Waals surface area contributed by atoms with E-state index in [1.165, 1.54) is 6.20 Å². The van der Waals surface area contributed by atoms with Gasteiger partial charge in [-0.15, -0.1) is 12.4 Å². The Morgan fingerprint density at radius 1 is 0.850 bits per heavy atom. The molecule has 0 aliphatic carbocycles. The van der Waals surface area contributed by atoms with E-state index < -0.39 is 0 Å². The number of hydrogen-bond donors (Lipinski definition) is 1. The maximum atomic E-state index is 13.3. The van der Waals surface area contributed by atoms with Crippen molar-refractivity contribution in [2.75, 3.05) is 18.0 Å². The smallest absolute Gasteiger partial charge is 0.259 e. The number of aromatic nitrogens is 2. The average molecular weight is 618 g/mol. The molecule has 2 amide bonds. The number of halogens is 2. The lowest BCUT2D eigenvalue weighted by Gasteiger charge is -2.23. The Labute approximate surface area is 246 Å². The maximum Gasteiger partial charge on any atom is 0.259 e. The van der Waals surface area contributed by atoms with Crippen LogP contribution in [-0.2, 0) is 6.61 Å². The van der Waals surface area contributed by atoms with Crippen LogP contribution < -0.4 is 15.0 Å². The minimum absolute atomic E-state index is 0. The molecule has 0 radical (unpaired) electrons. The first-order valence-electron chi connectivity index (χ1n) is 12.4. The zero-order valence-electron chi connectivity index (χ0n) is 21.4. The summed E-state index contributed by atoms with van der Waals surface area (Å²) >= 11 is 3.37. The average Bonchev–Trinajstić information content (AvgIpc) is 2.98. The molecule has 9 heteroatoms. The number of fused-ring (bicyclic) bond motifs is 1. The second kappa shape index (κ2) is 13.7. The standard InChI is InChI=1S/C31H25BrN4O3.ClH/c32-25-17-24(19-33-20-25)31(38)36(27-9-2-1-3-10-27)16-15-34-30(37)23-8-6-11-28(18-23)39-21-26-14-13-22-7-4-5-12-29(22)35-26;/h1-14,17-20H,15-16,21H2,(H,34,37);1H. The third-order valence-corrected chi connectivity index (χ3v) is 6.46. The van der Waals surface area contributed by atoms with E-state index in [0.29, 0.717) is 21.3 Å². The quantitative estimate of drug-likeness (QED) is 0.205. The first kappa shape index (κ1) is 28.7. The highest BCUT2D eigenvalue weighted by atomic mass is 79.9. The van der Waals surface area contributed by atoms with Gasteiger partial charge in [-0.1, -0.05) is 48.5 Å². The number of carbonyl (C=O) groups is 2. The summed E-state index contributed by atoms with van der Waals surface area (Å²) in [6.45, 7) is 0.826. The third kappa shape index (κ3) is 7.22. The van der Waals surface area contributed by atoms with Gasteiger partial charge < -0.3 is 15.0 Å². The number of para-hydroxylation sites is 2. The SMILES string of the molecule is Cl.O=C(NCCN(C(=O)c1cncc(Br)c1)c1ccccc1)c1cccc(OCc2ccc3ccccc3n2)c1. The Kier molecular flexibility index (Phi) is 9.83. The molecule has 2 heterocycles. The van der Waals surface area contributed by atoms with Crippen molar-refractivity contribution >= 4 is 56.7 Å². The summed E-state index contributed by atoms with van der Waals surface area (Å²) in [7, 11) is 0. The Hall–Kier alpha value is -4.27. The lowest BCUT2D eigenvalue weighted by Crippen LogP contribution is -2.38. The first-order valence-corrected chi connectivity index (χ1v) is 13.2. The van der Waals surface area contributed by atoms with E-state index in [9.17, 15) is 9.59 Å². The normalized spacial score (nSPS) is 10.4. The van der Waals surface area contributed by atoms with Gasteiger partial charge in [0.2, 0.25) is 0 Å².